The van der Waals surface area contributed by atoms with Crippen LogP contribution in [-0.2, 0) is 4.79 Å². The van der Waals surface area contributed by atoms with Gasteiger partial charge >= 0.3 is 0 Å². The Morgan fingerprint density at radius 3 is 2.65 bits per heavy atom. The van der Waals surface area contributed by atoms with Gasteiger partial charge in [0.1, 0.15) is 5.75 Å². The van der Waals surface area contributed by atoms with Crippen LogP contribution in [0.15, 0.2) is 48.5 Å². The third kappa shape index (κ3) is 5.35. The van der Waals surface area contributed by atoms with Crippen LogP contribution >= 0.6 is 11.6 Å². The summed E-state index contributed by atoms with van der Waals surface area (Å²) in [6.07, 6.45) is 3.29. The molecule has 0 saturated heterocycles. The molecule has 1 atom stereocenters. The van der Waals surface area contributed by atoms with Gasteiger partial charge in [0, 0.05) is 23.2 Å². The lowest BCUT2D eigenvalue weighted by Gasteiger charge is -2.25. The zero-order valence-corrected chi connectivity index (χ0v) is 16.4. The number of likely N-dealkylation sites (N-methyl/N-ethyl adjacent to an activating group) is 1. The van der Waals surface area contributed by atoms with Crippen molar-refractivity contribution in [3.8, 4) is 5.75 Å². The molecule has 2 aromatic rings. The summed E-state index contributed by atoms with van der Waals surface area (Å²) in [4.78, 5) is 14.3. The van der Waals surface area contributed by atoms with Crippen LogP contribution in [-0.4, -0.2) is 38.6 Å². The fourth-order valence-electron chi connectivity index (χ4n) is 2.72. The van der Waals surface area contributed by atoms with Gasteiger partial charge in [-0.3, -0.25) is 4.79 Å². The average Bonchev–Trinajstić information content (AvgIpc) is 2.61. The van der Waals surface area contributed by atoms with Gasteiger partial charge in [0.05, 0.1) is 13.2 Å². The van der Waals surface area contributed by atoms with E-state index in [4.69, 9.17) is 16.3 Å². The first-order valence-corrected chi connectivity index (χ1v) is 8.81. The molecule has 0 saturated carbocycles. The number of aryl methyl sites for hydroxylation is 1. The number of hydrogen-bond donors (Lipinski definition) is 1. The number of rotatable bonds is 7. The molecule has 2 aromatic carbocycles. The molecule has 0 heterocycles. The fraction of sp³-hybridized carbons (Fsp3) is 0.286. The van der Waals surface area contributed by atoms with Gasteiger partial charge in [0.15, 0.2) is 0 Å². The number of nitrogens with zero attached hydrogens (tertiary/aromatic N) is 1. The molecule has 1 N–H and O–H groups in total. The molecular weight excluding hydrogens is 348 g/mol. The Bertz CT molecular complexity index is 787. The Morgan fingerprint density at radius 1 is 1.27 bits per heavy atom. The highest BCUT2D eigenvalue weighted by atomic mass is 35.5. The van der Waals surface area contributed by atoms with Crippen LogP contribution in [0.1, 0.15) is 22.7 Å². The van der Waals surface area contributed by atoms with Crippen LogP contribution in [0.3, 0.4) is 0 Å². The summed E-state index contributed by atoms with van der Waals surface area (Å²) in [5.74, 6) is 0.578. The van der Waals surface area contributed by atoms with Crippen LogP contribution in [0.2, 0.25) is 5.02 Å². The number of benzene rings is 2. The van der Waals surface area contributed by atoms with Gasteiger partial charge in [-0.15, -0.1) is 0 Å². The Balaban J connectivity index is 2.05. The van der Waals surface area contributed by atoms with E-state index in [1.165, 1.54) is 6.08 Å². The van der Waals surface area contributed by atoms with E-state index < -0.39 is 0 Å². The predicted molar refractivity (Wildman–Crippen MR) is 108 cm³/mol. The second-order valence-electron chi connectivity index (χ2n) is 6.32. The van der Waals surface area contributed by atoms with Crippen molar-refractivity contribution in [1.29, 1.82) is 0 Å². The Morgan fingerprint density at radius 2 is 2.00 bits per heavy atom. The Kier molecular flexibility index (Phi) is 7.25. The van der Waals surface area contributed by atoms with Crippen molar-refractivity contribution in [2.45, 2.75) is 13.0 Å². The van der Waals surface area contributed by atoms with Crippen LogP contribution in [0.25, 0.3) is 6.08 Å². The first-order valence-electron chi connectivity index (χ1n) is 8.43. The summed E-state index contributed by atoms with van der Waals surface area (Å²) in [5.41, 5.74) is 2.97. The number of nitrogens with one attached hydrogen (secondary N) is 1. The average molecular weight is 373 g/mol. The van der Waals surface area contributed by atoms with Crippen LogP contribution in [0.5, 0.6) is 5.75 Å². The minimum absolute atomic E-state index is 0.00504. The van der Waals surface area contributed by atoms with Gasteiger partial charge in [0.25, 0.3) is 0 Å². The Hall–Kier alpha value is -2.30. The quantitative estimate of drug-likeness (QED) is 0.744. The molecule has 0 aliphatic heterocycles. The monoisotopic (exact) mass is 372 g/mol. The van der Waals surface area contributed by atoms with Gasteiger partial charge in [-0.05, 0) is 50.9 Å². The van der Waals surface area contributed by atoms with Gasteiger partial charge in [-0.25, -0.2) is 0 Å². The molecule has 1 amide bonds. The normalized spacial score (nSPS) is 12.4. The van der Waals surface area contributed by atoms with E-state index in [1.807, 2.05) is 68.4 Å². The second-order valence-corrected chi connectivity index (χ2v) is 6.73. The molecule has 0 bridgehead atoms. The summed E-state index contributed by atoms with van der Waals surface area (Å²) < 4.78 is 5.33. The smallest absolute Gasteiger partial charge is 0.244 e. The number of halogens is 1. The molecular formula is C21H25ClN2O2. The first kappa shape index (κ1) is 20.0. The molecule has 2 rings (SSSR count). The van der Waals surface area contributed by atoms with Crippen molar-refractivity contribution in [3.05, 3.63) is 70.3 Å². The van der Waals surface area contributed by atoms with Crippen LogP contribution in [0, 0.1) is 6.92 Å². The third-order valence-corrected chi connectivity index (χ3v) is 4.50. The molecule has 0 aromatic heterocycles. The zero-order chi connectivity index (χ0) is 19.1. The van der Waals surface area contributed by atoms with E-state index in [0.29, 0.717) is 11.6 Å². The lowest BCUT2D eigenvalue weighted by atomic mass is 10.1. The summed E-state index contributed by atoms with van der Waals surface area (Å²) in [7, 11) is 5.55. The molecule has 0 spiro atoms. The number of methoxy groups -OCH3 is 1. The molecule has 4 nitrogen and oxygen atoms in total. The van der Waals surface area contributed by atoms with Gasteiger partial charge < -0.3 is 15.0 Å². The minimum atomic E-state index is -0.160. The van der Waals surface area contributed by atoms with E-state index >= 15 is 0 Å². The van der Waals surface area contributed by atoms with E-state index in [1.54, 1.807) is 13.2 Å². The largest absolute Gasteiger partial charge is 0.496 e. The second kappa shape index (κ2) is 9.41. The lowest BCUT2D eigenvalue weighted by Crippen LogP contribution is -2.33. The van der Waals surface area contributed by atoms with Gasteiger partial charge in [-0.2, -0.15) is 0 Å². The van der Waals surface area contributed by atoms with Crippen molar-refractivity contribution >= 4 is 23.6 Å². The third-order valence-electron chi connectivity index (χ3n) is 4.16. The molecule has 0 aliphatic carbocycles. The number of carbonyl (C=O) groups is 1. The van der Waals surface area contributed by atoms with Crippen molar-refractivity contribution in [2.75, 3.05) is 27.7 Å². The molecule has 26 heavy (non-hydrogen) atoms. The molecule has 5 heteroatoms. The fourth-order valence-corrected chi connectivity index (χ4v) is 2.98. The maximum atomic E-state index is 12.3. The molecule has 0 aliphatic rings. The van der Waals surface area contributed by atoms with Gasteiger partial charge in [0.2, 0.25) is 5.91 Å². The highest BCUT2D eigenvalue weighted by Gasteiger charge is 2.17. The number of ether oxygens (including phenoxy) is 1. The first-order chi connectivity index (χ1) is 12.4. The van der Waals surface area contributed by atoms with E-state index in [-0.39, 0.29) is 11.9 Å². The highest BCUT2D eigenvalue weighted by Crippen LogP contribution is 2.25. The summed E-state index contributed by atoms with van der Waals surface area (Å²) >= 11 is 6.30. The predicted octanol–water partition coefficient (Wildman–Crippen LogP) is 4.09. The van der Waals surface area contributed by atoms with Crippen molar-refractivity contribution < 1.29 is 9.53 Å². The minimum Gasteiger partial charge on any atom is -0.496 e. The summed E-state index contributed by atoms with van der Waals surface area (Å²) in [5, 5.41) is 3.64. The summed E-state index contributed by atoms with van der Waals surface area (Å²) in [6, 6.07) is 13.5. The SMILES string of the molecule is COc1ccc(C)cc1/C=C/C(=O)NC[C@H](c1ccccc1Cl)N(C)C. The molecule has 0 radical (unpaired) electrons. The molecule has 0 fully saturated rings. The van der Waals surface area contributed by atoms with E-state index in [2.05, 4.69) is 5.32 Å². The number of amides is 1. The lowest BCUT2D eigenvalue weighted by molar-refractivity contribution is -0.116. The molecule has 138 valence electrons. The van der Waals surface area contributed by atoms with Crippen molar-refractivity contribution in [3.63, 3.8) is 0 Å². The maximum absolute atomic E-state index is 12.3. The summed E-state index contributed by atoms with van der Waals surface area (Å²) in [6.45, 7) is 2.47. The zero-order valence-electron chi connectivity index (χ0n) is 15.6. The highest BCUT2D eigenvalue weighted by molar-refractivity contribution is 6.31. The van der Waals surface area contributed by atoms with Gasteiger partial charge in [-0.1, -0.05) is 41.4 Å². The van der Waals surface area contributed by atoms with E-state index in [9.17, 15) is 4.79 Å². The van der Waals surface area contributed by atoms with Crippen molar-refractivity contribution in [2.24, 2.45) is 0 Å². The number of hydrogen-bond acceptors (Lipinski definition) is 3. The van der Waals surface area contributed by atoms with E-state index in [0.717, 1.165) is 22.4 Å². The number of carbonyl (C=O) groups excluding carboxylic acids is 1. The van der Waals surface area contributed by atoms with Crippen LogP contribution in [0.4, 0.5) is 0 Å². The Labute approximate surface area is 160 Å². The van der Waals surface area contributed by atoms with Crippen LogP contribution < -0.4 is 10.1 Å². The van der Waals surface area contributed by atoms with Crippen molar-refractivity contribution in [1.82, 2.24) is 10.2 Å². The maximum Gasteiger partial charge on any atom is 0.244 e. The molecule has 0 unspecified atom stereocenters. The standard InChI is InChI=1S/C21H25ClN2O2/c1-15-9-11-20(26-4)16(13-15)10-12-21(25)23-14-19(24(2)3)17-7-5-6-8-18(17)22/h5-13,19H,14H2,1-4H3,(H,23,25)/b12-10+/t19-/m1/s1. The topological polar surface area (TPSA) is 41.6 Å².